The number of benzene rings is 1. The summed E-state index contributed by atoms with van der Waals surface area (Å²) in [6.45, 7) is 1.67. The molecule has 0 spiro atoms. The van der Waals surface area contributed by atoms with Crippen molar-refractivity contribution in [1.82, 2.24) is 0 Å². The Morgan fingerprint density at radius 3 is 2.61 bits per heavy atom. The van der Waals surface area contributed by atoms with Gasteiger partial charge in [0.15, 0.2) is 0 Å². The molecule has 6 nitrogen and oxygen atoms in total. The predicted octanol–water partition coefficient (Wildman–Crippen LogP) is 2.24. The Kier molecular flexibility index (Phi) is 4.75. The Morgan fingerprint density at radius 1 is 1.25 bits per heavy atom. The second kappa shape index (κ2) is 6.97. The molecule has 1 aromatic rings. The number of hydrogen-bond donors (Lipinski definition) is 2. The van der Waals surface area contributed by atoms with Gasteiger partial charge in [0.25, 0.3) is 0 Å². The third-order valence-electron chi connectivity index (χ3n) is 6.49. The van der Waals surface area contributed by atoms with E-state index < -0.39 is 18.4 Å². The molecule has 2 bridgehead atoms. The predicted molar refractivity (Wildman–Crippen MR) is 105 cm³/mol. The number of carbonyl (C=O) groups is 1. The number of esters is 1. The van der Waals surface area contributed by atoms with Crippen molar-refractivity contribution in [2.75, 3.05) is 20.8 Å². The van der Waals surface area contributed by atoms with Gasteiger partial charge in [-0.15, -0.1) is 0 Å². The summed E-state index contributed by atoms with van der Waals surface area (Å²) in [6, 6.07) is 3.77. The van der Waals surface area contributed by atoms with Gasteiger partial charge in [0.05, 0.1) is 14.2 Å². The minimum atomic E-state index is -1.46. The van der Waals surface area contributed by atoms with Crippen LogP contribution in [-0.4, -0.2) is 44.0 Å². The average Bonchev–Trinajstić information content (AvgIpc) is 2.95. The minimum Gasteiger partial charge on any atom is -0.496 e. The minimum absolute atomic E-state index is 0.0946. The van der Waals surface area contributed by atoms with Gasteiger partial charge in [0.1, 0.15) is 18.1 Å². The lowest BCUT2D eigenvalue weighted by Crippen LogP contribution is -2.40. The molecule has 0 fully saturated rings. The Labute approximate surface area is 164 Å². The molecule has 0 heterocycles. The number of fused-ring (bicyclic) bond motifs is 6. The maximum atomic E-state index is 11.6. The van der Waals surface area contributed by atoms with Gasteiger partial charge >= 0.3 is 13.1 Å². The van der Waals surface area contributed by atoms with Crippen molar-refractivity contribution in [2.24, 2.45) is 17.3 Å². The van der Waals surface area contributed by atoms with Crippen molar-refractivity contribution in [1.29, 1.82) is 0 Å². The number of methoxy groups -OCH3 is 2. The number of carbonyl (C=O) groups excluding carboxylic acids is 1. The van der Waals surface area contributed by atoms with Crippen LogP contribution >= 0.6 is 0 Å². The van der Waals surface area contributed by atoms with Crippen LogP contribution < -0.4 is 9.47 Å². The Balaban J connectivity index is 1.90. The molecule has 0 amide bonds. The van der Waals surface area contributed by atoms with Gasteiger partial charge in [0, 0.05) is 29.3 Å². The maximum absolute atomic E-state index is 11.6. The Bertz CT molecular complexity index is 861. The molecule has 0 saturated carbocycles. The van der Waals surface area contributed by atoms with Gasteiger partial charge in [-0.2, -0.15) is 0 Å². The molecule has 3 aliphatic rings. The first-order chi connectivity index (χ1) is 13.4. The van der Waals surface area contributed by atoms with Crippen LogP contribution in [0, 0.1) is 17.3 Å². The molecular formula is C21H25BO6. The van der Waals surface area contributed by atoms with Crippen LogP contribution in [0.5, 0.6) is 11.5 Å². The van der Waals surface area contributed by atoms with E-state index in [4.69, 9.17) is 14.2 Å². The van der Waals surface area contributed by atoms with E-state index in [-0.39, 0.29) is 24.4 Å². The molecule has 0 saturated heterocycles. The Morgan fingerprint density at radius 2 is 1.96 bits per heavy atom. The van der Waals surface area contributed by atoms with Crippen LogP contribution in [0.25, 0.3) is 5.57 Å². The summed E-state index contributed by atoms with van der Waals surface area (Å²) in [5.74, 6) is 0.765. The molecule has 2 N–H and O–H groups in total. The number of ether oxygens (including phenoxy) is 3. The number of allylic oxidation sites excluding steroid dienone is 3. The number of rotatable bonds is 5. The molecule has 0 aliphatic heterocycles. The van der Waals surface area contributed by atoms with E-state index in [0.717, 1.165) is 34.6 Å². The molecule has 4 atom stereocenters. The lowest BCUT2D eigenvalue weighted by molar-refractivity contribution is -0.144. The monoisotopic (exact) mass is 384 g/mol. The van der Waals surface area contributed by atoms with E-state index in [1.807, 2.05) is 24.3 Å². The molecule has 148 valence electrons. The quantitative estimate of drug-likeness (QED) is 0.460. The highest BCUT2D eigenvalue weighted by Gasteiger charge is 2.57. The maximum Gasteiger partial charge on any atom is 0.459 e. The van der Waals surface area contributed by atoms with Crippen LogP contribution in [0.15, 0.2) is 30.4 Å². The van der Waals surface area contributed by atoms with E-state index in [2.05, 4.69) is 6.08 Å². The Hall–Kier alpha value is -2.25. The highest BCUT2D eigenvalue weighted by atomic mass is 16.5. The van der Waals surface area contributed by atoms with Gasteiger partial charge in [-0.05, 0) is 42.4 Å². The molecule has 0 radical (unpaired) electrons. The van der Waals surface area contributed by atoms with E-state index in [9.17, 15) is 14.8 Å². The topological polar surface area (TPSA) is 85.2 Å². The summed E-state index contributed by atoms with van der Waals surface area (Å²) in [4.78, 5) is 11.6. The summed E-state index contributed by atoms with van der Waals surface area (Å²) >= 11 is 0. The van der Waals surface area contributed by atoms with Crippen molar-refractivity contribution in [3.05, 3.63) is 41.5 Å². The molecule has 4 rings (SSSR count). The van der Waals surface area contributed by atoms with Gasteiger partial charge in [0.2, 0.25) is 0 Å². The zero-order valence-corrected chi connectivity index (χ0v) is 16.3. The summed E-state index contributed by atoms with van der Waals surface area (Å²) in [6.07, 6.45) is 7.50. The fourth-order valence-electron chi connectivity index (χ4n) is 5.38. The molecular weight excluding hydrogens is 359 g/mol. The van der Waals surface area contributed by atoms with Gasteiger partial charge in [-0.3, -0.25) is 4.79 Å². The second-order valence-electron chi connectivity index (χ2n) is 7.90. The first kappa shape index (κ1) is 19.1. The summed E-state index contributed by atoms with van der Waals surface area (Å²) in [7, 11) is 1.81. The van der Waals surface area contributed by atoms with Crippen LogP contribution in [-0.2, 0) is 16.0 Å². The highest BCUT2D eigenvalue weighted by Crippen LogP contribution is 2.63. The largest absolute Gasteiger partial charge is 0.496 e. The molecule has 3 unspecified atom stereocenters. The average molecular weight is 384 g/mol. The summed E-state index contributed by atoms with van der Waals surface area (Å²) < 4.78 is 16.8. The first-order valence-electron chi connectivity index (χ1n) is 9.55. The van der Waals surface area contributed by atoms with Crippen molar-refractivity contribution >= 4 is 18.7 Å². The summed E-state index contributed by atoms with van der Waals surface area (Å²) in [5.41, 5.74) is 2.60. The lowest BCUT2D eigenvalue weighted by Gasteiger charge is -2.39. The molecule has 3 aliphatic carbocycles. The van der Waals surface area contributed by atoms with E-state index in [0.29, 0.717) is 6.42 Å². The van der Waals surface area contributed by atoms with Crippen molar-refractivity contribution < 1.29 is 29.1 Å². The fourth-order valence-corrected chi connectivity index (χ4v) is 5.38. The second-order valence-corrected chi connectivity index (χ2v) is 7.90. The third kappa shape index (κ3) is 2.76. The molecule has 28 heavy (non-hydrogen) atoms. The normalized spacial score (nSPS) is 29.5. The van der Waals surface area contributed by atoms with Gasteiger partial charge in [-0.25, -0.2) is 0 Å². The summed E-state index contributed by atoms with van der Waals surface area (Å²) in [5, 5.41) is 20.1. The van der Waals surface area contributed by atoms with Crippen LogP contribution in [0.1, 0.15) is 24.5 Å². The van der Waals surface area contributed by atoms with Gasteiger partial charge < -0.3 is 24.3 Å². The lowest BCUT2D eigenvalue weighted by atomic mass is 9.56. The van der Waals surface area contributed by atoms with Crippen molar-refractivity contribution in [3.63, 3.8) is 0 Å². The van der Waals surface area contributed by atoms with Crippen LogP contribution in [0.3, 0.4) is 0 Å². The van der Waals surface area contributed by atoms with E-state index in [1.54, 1.807) is 14.2 Å². The third-order valence-corrected chi connectivity index (χ3v) is 6.49. The molecule has 7 heteroatoms. The standard InChI is InChI=1S/C21H25BO6/c1-12(23)28-11-21-9-13-17(26-2)7-8-18(27-3)19(13)14(10-21)20-15(21)5-4-6-16(20)22(24)25/h4,6-8,10,15-16,20,24-25H,5,9,11H2,1-3H3/t15?,16?,20?,21-/m0/s1. The van der Waals surface area contributed by atoms with E-state index >= 15 is 0 Å². The van der Waals surface area contributed by atoms with Gasteiger partial charge in [-0.1, -0.05) is 18.2 Å². The highest BCUT2D eigenvalue weighted by molar-refractivity contribution is 6.44. The smallest absolute Gasteiger partial charge is 0.459 e. The van der Waals surface area contributed by atoms with E-state index in [1.165, 1.54) is 6.92 Å². The fraction of sp³-hybridized carbons (Fsp3) is 0.476. The molecule has 0 aromatic heterocycles. The molecule has 1 aromatic carbocycles. The number of hydrogen-bond acceptors (Lipinski definition) is 6. The first-order valence-corrected chi connectivity index (χ1v) is 9.55. The van der Waals surface area contributed by atoms with Crippen molar-refractivity contribution in [2.45, 2.75) is 25.6 Å². The van der Waals surface area contributed by atoms with Crippen molar-refractivity contribution in [3.8, 4) is 11.5 Å². The zero-order chi connectivity index (χ0) is 20.1. The van der Waals surface area contributed by atoms with Crippen LogP contribution in [0.4, 0.5) is 0 Å². The zero-order valence-electron chi connectivity index (χ0n) is 16.3. The van der Waals surface area contributed by atoms with Crippen LogP contribution in [0.2, 0.25) is 5.82 Å². The SMILES string of the molecule is COc1ccc(OC)c2c1C[C@@]1(COC(C)=O)C=C2C2C(B(O)O)C=CCC21.